The third kappa shape index (κ3) is 7.41. The molecule has 3 aromatic rings. The number of ether oxygens (including phenoxy) is 1. The van der Waals surface area contributed by atoms with E-state index in [1.807, 2.05) is 36.4 Å². The molecule has 174 valence electrons. The smallest absolute Gasteiger partial charge is 0.261 e. The van der Waals surface area contributed by atoms with Crippen molar-refractivity contribution in [2.45, 2.75) is 19.4 Å². The summed E-state index contributed by atoms with van der Waals surface area (Å²) in [6.45, 7) is 0.635. The Morgan fingerprint density at radius 3 is 2.26 bits per heavy atom. The lowest BCUT2D eigenvalue weighted by atomic mass is 10.1. The third-order valence-electron chi connectivity index (χ3n) is 4.83. The lowest BCUT2D eigenvalue weighted by Crippen LogP contribution is -2.25. The van der Waals surface area contributed by atoms with Crippen molar-refractivity contribution in [2.24, 2.45) is 0 Å². The number of hydrogen-bond acceptors (Lipinski definition) is 3. The molecule has 3 aromatic carbocycles. The number of carbonyl (C=O) groups excluding carboxylic acids is 1. The van der Waals surface area contributed by atoms with E-state index >= 15 is 0 Å². The fourth-order valence-corrected chi connectivity index (χ4v) is 4.07. The molecule has 1 amide bonds. The van der Waals surface area contributed by atoms with Gasteiger partial charge in [-0.15, -0.1) is 0 Å². The van der Waals surface area contributed by atoms with Crippen LogP contribution in [0, 0.1) is 11.3 Å². The monoisotopic (exact) mass is 532 g/mol. The van der Waals surface area contributed by atoms with Crippen molar-refractivity contribution in [1.82, 2.24) is 5.32 Å². The number of aryl methyl sites for hydroxylation is 1. The normalized spacial score (nSPS) is 11.1. The molecule has 4 nitrogen and oxygen atoms in total. The zero-order valence-corrected chi connectivity index (χ0v) is 21.0. The van der Waals surface area contributed by atoms with Crippen molar-refractivity contribution in [1.29, 1.82) is 5.26 Å². The van der Waals surface area contributed by atoms with Gasteiger partial charge in [0.15, 0.2) is 5.75 Å². The molecule has 0 spiro atoms. The van der Waals surface area contributed by atoms with Gasteiger partial charge < -0.3 is 10.1 Å². The molecular weight excluding hydrogens is 514 g/mol. The number of hydrogen-bond donors (Lipinski definition) is 1. The second kappa shape index (κ2) is 12.7. The number of nitrogens with one attached hydrogen (secondary N) is 1. The Kier molecular flexibility index (Phi) is 9.68. The second-order valence-corrected chi connectivity index (χ2v) is 8.99. The van der Waals surface area contributed by atoms with Crippen LogP contribution in [0.3, 0.4) is 0 Å². The molecule has 0 radical (unpaired) electrons. The van der Waals surface area contributed by atoms with Crippen LogP contribution in [-0.2, 0) is 17.8 Å². The van der Waals surface area contributed by atoms with Crippen LogP contribution in [0.25, 0.3) is 6.08 Å². The van der Waals surface area contributed by atoms with E-state index in [-0.39, 0.29) is 28.0 Å². The Hall–Kier alpha value is -2.68. The van der Waals surface area contributed by atoms with E-state index in [0.29, 0.717) is 22.2 Å². The van der Waals surface area contributed by atoms with Crippen LogP contribution in [0.2, 0.25) is 20.1 Å². The Morgan fingerprint density at radius 1 is 0.912 bits per heavy atom. The standard InChI is InChI=1S/C26H20Cl4N2O2/c27-21-9-8-18(12-22(21)28)16-34-25-23(29)13-19(14-24(25)30)11-20(15-31)26(33)32-10-4-7-17-5-2-1-3-6-17/h1-3,5-6,8-9,11-14H,4,7,10,16H2,(H,32,33)/b20-11-. The molecule has 0 heterocycles. The van der Waals surface area contributed by atoms with Gasteiger partial charge in [-0.1, -0.05) is 82.8 Å². The molecule has 0 aliphatic carbocycles. The summed E-state index contributed by atoms with van der Waals surface area (Å²) in [5.74, 6) is -0.168. The highest BCUT2D eigenvalue weighted by Crippen LogP contribution is 2.35. The summed E-state index contributed by atoms with van der Waals surface area (Å²) < 4.78 is 5.75. The summed E-state index contributed by atoms with van der Waals surface area (Å²) in [5.41, 5.74) is 2.45. The first-order chi connectivity index (χ1) is 16.4. The predicted octanol–water partition coefficient (Wildman–Crippen LogP) is 7.54. The summed E-state index contributed by atoms with van der Waals surface area (Å²) in [6, 6.07) is 20.2. The fourth-order valence-electron chi connectivity index (χ4n) is 3.14. The maximum atomic E-state index is 12.4. The van der Waals surface area contributed by atoms with E-state index in [1.165, 1.54) is 11.6 Å². The predicted molar refractivity (Wildman–Crippen MR) is 139 cm³/mol. The van der Waals surface area contributed by atoms with Crippen molar-refractivity contribution in [3.05, 3.63) is 103 Å². The lowest BCUT2D eigenvalue weighted by molar-refractivity contribution is -0.117. The van der Waals surface area contributed by atoms with Crippen molar-refractivity contribution in [3.63, 3.8) is 0 Å². The van der Waals surface area contributed by atoms with Crippen LogP contribution in [-0.4, -0.2) is 12.5 Å². The van der Waals surface area contributed by atoms with Gasteiger partial charge >= 0.3 is 0 Å². The van der Waals surface area contributed by atoms with E-state index in [2.05, 4.69) is 5.32 Å². The highest BCUT2D eigenvalue weighted by Gasteiger charge is 2.13. The number of amides is 1. The van der Waals surface area contributed by atoms with Gasteiger partial charge in [0.2, 0.25) is 0 Å². The van der Waals surface area contributed by atoms with E-state index < -0.39 is 5.91 Å². The van der Waals surface area contributed by atoms with Crippen LogP contribution in [0.5, 0.6) is 5.75 Å². The van der Waals surface area contributed by atoms with Gasteiger partial charge in [0.1, 0.15) is 18.2 Å². The fraction of sp³-hybridized carbons (Fsp3) is 0.154. The molecule has 34 heavy (non-hydrogen) atoms. The van der Waals surface area contributed by atoms with Gasteiger partial charge in [-0.3, -0.25) is 4.79 Å². The van der Waals surface area contributed by atoms with Crippen LogP contribution in [0.15, 0.2) is 66.2 Å². The van der Waals surface area contributed by atoms with Crippen molar-refractivity contribution >= 4 is 58.4 Å². The van der Waals surface area contributed by atoms with E-state index in [4.69, 9.17) is 51.1 Å². The number of nitriles is 1. The maximum absolute atomic E-state index is 12.4. The zero-order chi connectivity index (χ0) is 24.5. The topological polar surface area (TPSA) is 62.1 Å². The molecular formula is C26H20Cl4N2O2. The number of carbonyl (C=O) groups is 1. The summed E-state index contributed by atoms with van der Waals surface area (Å²) >= 11 is 24.7. The van der Waals surface area contributed by atoms with Gasteiger partial charge in [-0.05, 0) is 59.9 Å². The Labute approximate surface area is 218 Å². The molecule has 0 aliphatic heterocycles. The average Bonchev–Trinajstić information content (AvgIpc) is 2.82. The highest BCUT2D eigenvalue weighted by molar-refractivity contribution is 6.42. The Bertz CT molecular complexity index is 1210. The quantitative estimate of drug-likeness (QED) is 0.175. The van der Waals surface area contributed by atoms with Crippen molar-refractivity contribution in [2.75, 3.05) is 6.54 Å². The van der Waals surface area contributed by atoms with Crippen molar-refractivity contribution < 1.29 is 9.53 Å². The minimum atomic E-state index is -0.456. The molecule has 0 aromatic heterocycles. The largest absolute Gasteiger partial charge is 0.486 e. The molecule has 0 atom stereocenters. The molecule has 0 fully saturated rings. The SMILES string of the molecule is N#C/C(=C/c1cc(Cl)c(OCc2ccc(Cl)c(Cl)c2)c(Cl)c1)C(=O)NCCCc1ccccc1. The average molecular weight is 534 g/mol. The first-order valence-corrected chi connectivity index (χ1v) is 11.9. The molecule has 0 saturated carbocycles. The van der Waals surface area contributed by atoms with Gasteiger partial charge in [0.05, 0.1) is 20.1 Å². The number of rotatable bonds is 9. The van der Waals surface area contributed by atoms with Gasteiger partial charge in [-0.25, -0.2) is 0 Å². The molecule has 1 N–H and O–H groups in total. The van der Waals surface area contributed by atoms with E-state index in [0.717, 1.165) is 18.4 Å². The third-order valence-corrected chi connectivity index (χ3v) is 6.14. The highest BCUT2D eigenvalue weighted by atomic mass is 35.5. The molecule has 8 heteroatoms. The minimum Gasteiger partial charge on any atom is -0.486 e. The number of nitrogens with zero attached hydrogens (tertiary/aromatic N) is 1. The van der Waals surface area contributed by atoms with Gasteiger partial charge in [0.25, 0.3) is 5.91 Å². The summed E-state index contributed by atoms with van der Waals surface area (Å²) in [5, 5.41) is 13.6. The Balaban J connectivity index is 1.62. The van der Waals surface area contributed by atoms with E-state index in [9.17, 15) is 10.1 Å². The van der Waals surface area contributed by atoms with Gasteiger partial charge in [0, 0.05) is 6.54 Å². The van der Waals surface area contributed by atoms with Crippen LogP contribution < -0.4 is 10.1 Å². The minimum absolute atomic E-state index is 0.0451. The maximum Gasteiger partial charge on any atom is 0.261 e. The van der Waals surface area contributed by atoms with Gasteiger partial charge in [-0.2, -0.15) is 5.26 Å². The number of benzene rings is 3. The van der Waals surface area contributed by atoms with Crippen LogP contribution >= 0.6 is 46.4 Å². The second-order valence-electron chi connectivity index (χ2n) is 7.37. The summed E-state index contributed by atoms with van der Waals surface area (Å²) in [7, 11) is 0. The first kappa shape index (κ1) is 25.9. The molecule has 0 bridgehead atoms. The Morgan fingerprint density at radius 2 is 1.62 bits per heavy atom. The summed E-state index contributed by atoms with van der Waals surface area (Å²) in [4.78, 5) is 12.4. The van der Waals surface area contributed by atoms with Crippen LogP contribution in [0.1, 0.15) is 23.1 Å². The lowest BCUT2D eigenvalue weighted by Gasteiger charge is -2.12. The first-order valence-electron chi connectivity index (χ1n) is 10.4. The van der Waals surface area contributed by atoms with Crippen LogP contribution in [0.4, 0.5) is 0 Å². The molecule has 0 saturated heterocycles. The van der Waals surface area contributed by atoms with Crippen molar-refractivity contribution in [3.8, 4) is 11.8 Å². The molecule has 0 aliphatic rings. The van der Waals surface area contributed by atoms with E-state index in [1.54, 1.807) is 30.3 Å². The number of halogens is 4. The summed E-state index contributed by atoms with van der Waals surface area (Å²) in [6.07, 6.45) is 3.03. The molecule has 0 unspecified atom stereocenters. The zero-order valence-electron chi connectivity index (χ0n) is 18.0. The molecule has 3 rings (SSSR count).